The van der Waals surface area contributed by atoms with Crippen molar-refractivity contribution in [2.75, 3.05) is 31.6 Å². The van der Waals surface area contributed by atoms with Crippen LogP contribution >= 0.6 is 11.3 Å². The van der Waals surface area contributed by atoms with Crippen LogP contribution in [0.25, 0.3) is 0 Å². The molecule has 3 aromatic rings. The standard InChI is InChI=1S/C29H36FN3O2S/c1-3-29(34)33(24-8-5-4-6-9-24)25-14-17-32(18-15-25)21-22-11-12-23(30)20-27(22)35-26(13-16-31-2)28-10-7-19-36-28/h4-12,19-20,25-26,31H,3,13-18,21H2,1-2H3/t26-/m0/s1. The van der Waals surface area contributed by atoms with Gasteiger partial charge in [0.05, 0.1) is 0 Å². The molecular formula is C29H36FN3O2S. The van der Waals surface area contributed by atoms with Crippen LogP contribution in [0.2, 0.25) is 0 Å². The summed E-state index contributed by atoms with van der Waals surface area (Å²) in [4.78, 5) is 18.3. The number of carbonyl (C=O) groups is 1. The van der Waals surface area contributed by atoms with E-state index in [1.807, 2.05) is 66.7 Å². The minimum Gasteiger partial charge on any atom is -0.484 e. The number of carbonyl (C=O) groups excluding carboxylic acids is 1. The summed E-state index contributed by atoms with van der Waals surface area (Å²) in [5.41, 5.74) is 1.96. The maximum absolute atomic E-state index is 14.2. The first-order valence-electron chi connectivity index (χ1n) is 12.8. The second-order valence-corrected chi connectivity index (χ2v) is 10.2. The molecule has 1 aromatic heterocycles. The van der Waals surface area contributed by atoms with Crippen molar-refractivity contribution in [3.05, 3.63) is 82.3 Å². The van der Waals surface area contributed by atoms with Gasteiger partial charge < -0.3 is 15.0 Å². The van der Waals surface area contributed by atoms with Gasteiger partial charge in [0, 0.05) is 60.7 Å². The lowest BCUT2D eigenvalue weighted by Gasteiger charge is -2.38. The fraction of sp³-hybridized carbons (Fsp3) is 0.414. The highest BCUT2D eigenvalue weighted by Crippen LogP contribution is 2.32. The molecule has 5 nitrogen and oxygen atoms in total. The lowest BCUT2D eigenvalue weighted by molar-refractivity contribution is -0.119. The normalized spacial score (nSPS) is 15.5. The predicted octanol–water partition coefficient (Wildman–Crippen LogP) is 6.02. The molecule has 1 saturated heterocycles. The lowest BCUT2D eigenvalue weighted by atomic mass is 10.0. The molecule has 4 rings (SSSR count). The largest absolute Gasteiger partial charge is 0.484 e. The van der Waals surface area contributed by atoms with Gasteiger partial charge in [-0.05, 0) is 56.1 Å². The van der Waals surface area contributed by atoms with Gasteiger partial charge in [-0.3, -0.25) is 9.69 Å². The van der Waals surface area contributed by atoms with Crippen molar-refractivity contribution in [2.45, 2.75) is 51.3 Å². The Morgan fingerprint density at radius 2 is 1.94 bits per heavy atom. The van der Waals surface area contributed by atoms with Crippen molar-refractivity contribution < 1.29 is 13.9 Å². The summed E-state index contributed by atoms with van der Waals surface area (Å²) in [6.07, 6.45) is 2.97. The van der Waals surface area contributed by atoms with E-state index < -0.39 is 0 Å². The number of para-hydroxylation sites is 1. The zero-order valence-corrected chi connectivity index (χ0v) is 22.0. The van der Waals surface area contributed by atoms with Crippen LogP contribution in [0.3, 0.4) is 0 Å². The Morgan fingerprint density at radius 3 is 2.61 bits per heavy atom. The van der Waals surface area contributed by atoms with Gasteiger partial charge in [0.1, 0.15) is 17.7 Å². The molecule has 36 heavy (non-hydrogen) atoms. The van der Waals surface area contributed by atoms with E-state index in [1.54, 1.807) is 11.3 Å². The van der Waals surface area contributed by atoms with Crippen LogP contribution in [0.1, 0.15) is 49.2 Å². The van der Waals surface area contributed by atoms with E-state index in [0.29, 0.717) is 18.7 Å². The van der Waals surface area contributed by atoms with E-state index in [-0.39, 0.29) is 23.9 Å². The van der Waals surface area contributed by atoms with Crippen LogP contribution < -0.4 is 15.0 Å². The summed E-state index contributed by atoms with van der Waals surface area (Å²) >= 11 is 1.66. The van der Waals surface area contributed by atoms with Crippen molar-refractivity contribution in [3.8, 4) is 5.75 Å². The van der Waals surface area contributed by atoms with Crippen LogP contribution in [0.4, 0.5) is 10.1 Å². The smallest absolute Gasteiger partial charge is 0.226 e. The number of hydrogen-bond acceptors (Lipinski definition) is 5. The summed E-state index contributed by atoms with van der Waals surface area (Å²) in [6, 6.07) is 19.1. The van der Waals surface area contributed by atoms with E-state index >= 15 is 0 Å². The Balaban J connectivity index is 1.44. The van der Waals surface area contributed by atoms with Gasteiger partial charge >= 0.3 is 0 Å². The van der Waals surface area contributed by atoms with Crippen molar-refractivity contribution in [1.29, 1.82) is 0 Å². The molecule has 192 valence electrons. The molecule has 0 bridgehead atoms. The maximum Gasteiger partial charge on any atom is 0.226 e. The third-order valence-corrected chi connectivity index (χ3v) is 7.70. The minimum absolute atomic E-state index is 0.122. The number of nitrogens with one attached hydrogen (secondary N) is 1. The zero-order chi connectivity index (χ0) is 25.3. The first-order chi connectivity index (χ1) is 17.6. The number of hydrogen-bond donors (Lipinski definition) is 1. The molecule has 1 aliphatic heterocycles. The molecular weight excluding hydrogens is 473 g/mol. The van der Waals surface area contributed by atoms with Gasteiger partial charge in [0.2, 0.25) is 5.91 Å². The SMILES string of the molecule is CCC(=O)N(c1ccccc1)C1CCN(Cc2ccc(F)cc2O[C@@H](CCNC)c2cccs2)CC1. The molecule has 0 saturated carbocycles. The zero-order valence-electron chi connectivity index (χ0n) is 21.2. The molecule has 0 spiro atoms. The molecule has 1 N–H and O–H groups in total. The van der Waals surface area contributed by atoms with Gasteiger partial charge in [-0.25, -0.2) is 4.39 Å². The molecule has 1 atom stereocenters. The summed E-state index contributed by atoms with van der Waals surface area (Å²) < 4.78 is 20.7. The van der Waals surface area contributed by atoms with Crippen molar-refractivity contribution in [3.63, 3.8) is 0 Å². The first-order valence-corrected chi connectivity index (χ1v) is 13.7. The highest BCUT2D eigenvalue weighted by Gasteiger charge is 2.29. The van der Waals surface area contributed by atoms with Crippen LogP contribution in [0.5, 0.6) is 5.75 Å². The van der Waals surface area contributed by atoms with Crippen LogP contribution in [-0.2, 0) is 11.3 Å². The number of ether oxygens (including phenoxy) is 1. The average molecular weight is 510 g/mol. The Bertz CT molecular complexity index is 1090. The topological polar surface area (TPSA) is 44.8 Å². The molecule has 1 fully saturated rings. The highest BCUT2D eigenvalue weighted by atomic mass is 32.1. The van der Waals surface area contributed by atoms with E-state index in [2.05, 4.69) is 16.3 Å². The summed E-state index contributed by atoms with van der Waals surface area (Å²) in [7, 11) is 1.93. The molecule has 1 amide bonds. The number of piperidine rings is 1. The number of nitrogens with zero attached hydrogens (tertiary/aromatic N) is 2. The van der Waals surface area contributed by atoms with Gasteiger partial charge in [0.15, 0.2) is 0 Å². The van der Waals surface area contributed by atoms with Crippen LogP contribution in [-0.4, -0.2) is 43.5 Å². The van der Waals surface area contributed by atoms with Gasteiger partial charge in [0.25, 0.3) is 0 Å². The highest BCUT2D eigenvalue weighted by molar-refractivity contribution is 7.10. The molecule has 7 heteroatoms. The van der Waals surface area contributed by atoms with E-state index in [4.69, 9.17) is 4.74 Å². The van der Waals surface area contributed by atoms with Crippen molar-refractivity contribution in [2.24, 2.45) is 0 Å². The number of benzene rings is 2. The van der Waals surface area contributed by atoms with E-state index in [0.717, 1.165) is 55.0 Å². The lowest BCUT2D eigenvalue weighted by Crippen LogP contribution is -2.47. The fourth-order valence-corrected chi connectivity index (χ4v) is 5.61. The number of likely N-dealkylation sites (tertiary alicyclic amines) is 1. The van der Waals surface area contributed by atoms with Crippen LogP contribution in [0, 0.1) is 5.82 Å². The number of halogens is 1. The van der Waals surface area contributed by atoms with Crippen molar-refractivity contribution >= 4 is 22.9 Å². The summed E-state index contributed by atoms with van der Waals surface area (Å²) in [5, 5.41) is 5.23. The second kappa shape index (κ2) is 13.0. The monoisotopic (exact) mass is 509 g/mol. The summed E-state index contributed by atoms with van der Waals surface area (Å²) in [5.74, 6) is 0.483. The van der Waals surface area contributed by atoms with Gasteiger partial charge in [-0.1, -0.05) is 37.3 Å². The number of amides is 1. The van der Waals surface area contributed by atoms with Gasteiger partial charge in [-0.2, -0.15) is 0 Å². The Hall–Kier alpha value is -2.74. The molecule has 2 heterocycles. The Labute approximate surface area is 217 Å². The first kappa shape index (κ1) is 26.3. The minimum atomic E-state index is -0.289. The Morgan fingerprint density at radius 1 is 1.17 bits per heavy atom. The number of rotatable bonds is 11. The molecule has 0 aliphatic carbocycles. The molecule has 1 aliphatic rings. The number of anilines is 1. The molecule has 2 aromatic carbocycles. The molecule has 0 radical (unpaired) electrons. The second-order valence-electron chi connectivity index (χ2n) is 9.23. The quantitative estimate of drug-likeness (QED) is 0.343. The van der Waals surface area contributed by atoms with E-state index in [9.17, 15) is 9.18 Å². The third-order valence-electron chi connectivity index (χ3n) is 6.74. The fourth-order valence-electron chi connectivity index (χ4n) is 4.83. The summed E-state index contributed by atoms with van der Waals surface area (Å²) in [6.45, 7) is 5.17. The maximum atomic E-state index is 14.2. The predicted molar refractivity (Wildman–Crippen MR) is 145 cm³/mol. The van der Waals surface area contributed by atoms with Crippen LogP contribution in [0.15, 0.2) is 66.0 Å². The Kier molecular flexibility index (Phi) is 9.50. The average Bonchev–Trinajstić information content (AvgIpc) is 3.44. The van der Waals surface area contributed by atoms with Crippen molar-refractivity contribution in [1.82, 2.24) is 10.2 Å². The number of thiophene rings is 1. The third kappa shape index (κ3) is 6.72. The van der Waals surface area contributed by atoms with E-state index in [1.165, 1.54) is 12.1 Å². The molecule has 0 unspecified atom stereocenters. The van der Waals surface area contributed by atoms with Gasteiger partial charge in [-0.15, -0.1) is 11.3 Å².